The molecular weight excluding hydrogens is 492 g/mol. The van der Waals surface area contributed by atoms with E-state index in [-0.39, 0.29) is 55.1 Å². The summed E-state index contributed by atoms with van der Waals surface area (Å²) >= 11 is 0. The van der Waals surface area contributed by atoms with Crippen LogP contribution >= 0.6 is 0 Å². The number of hydrogen-bond acceptors (Lipinski definition) is 10. The van der Waals surface area contributed by atoms with Gasteiger partial charge in [0, 0.05) is 18.4 Å². The Morgan fingerprint density at radius 2 is 1.92 bits per heavy atom. The number of nitrogens with zero attached hydrogens (tertiary/aromatic N) is 3. The summed E-state index contributed by atoms with van der Waals surface area (Å²) in [5, 5.41) is 32.1. The molecule has 1 spiro atoms. The van der Waals surface area contributed by atoms with Crippen molar-refractivity contribution in [3.05, 3.63) is 34.9 Å². The van der Waals surface area contributed by atoms with E-state index in [1.54, 1.807) is 6.07 Å². The summed E-state index contributed by atoms with van der Waals surface area (Å²) in [4.78, 5) is 43.6. The van der Waals surface area contributed by atoms with Crippen LogP contribution in [0.15, 0.2) is 23.2 Å². The predicted molar refractivity (Wildman–Crippen MR) is 135 cm³/mol. The molecule has 2 saturated heterocycles. The fraction of sp³-hybridized carbons (Fsp3) is 0.560. The molecule has 5 aliphatic rings. The lowest BCUT2D eigenvalue weighted by molar-refractivity contribution is -0.623. The van der Waals surface area contributed by atoms with Crippen molar-refractivity contribution in [1.29, 1.82) is 0 Å². The number of rotatable bonds is 4. The van der Waals surface area contributed by atoms with Gasteiger partial charge in [0.25, 0.3) is 5.91 Å². The number of benzene rings is 1. The lowest BCUT2D eigenvalue weighted by atomic mass is 9.84. The average Bonchev–Trinajstić information content (AvgIpc) is 3.54. The Morgan fingerprint density at radius 3 is 2.63 bits per heavy atom. The highest BCUT2D eigenvalue weighted by Crippen LogP contribution is 2.43. The Balaban J connectivity index is 1.32. The zero-order valence-electron chi connectivity index (χ0n) is 21.3. The van der Waals surface area contributed by atoms with Crippen molar-refractivity contribution in [2.24, 2.45) is 16.5 Å². The molecule has 0 saturated carbocycles. The summed E-state index contributed by atoms with van der Waals surface area (Å²) in [6, 6.07) is 2.74. The number of hydrogen-bond donors (Lipinski definition) is 7. The number of likely N-dealkylation sites (tertiary alicyclic amines) is 1. The number of aliphatic imine (C=N–C) groups is 1. The summed E-state index contributed by atoms with van der Waals surface area (Å²) < 4.78 is 1.49. The summed E-state index contributed by atoms with van der Waals surface area (Å²) in [6.07, 6.45) is 1.91. The van der Waals surface area contributed by atoms with Crippen LogP contribution in [-0.2, 0) is 21.4 Å². The monoisotopic (exact) mass is 525 g/mol. The first-order valence-corrected chi connectivity index (χ1v) is 12.9. The number of amides is 3. The smallest absolute Gasteiger partial charge is 0.346 e. The summed E-state index contributed by atoms with van der Waals surface area (Å²) in [5.74, 6) is -3.61. The zero-order valence-corrected chi connectivity index (χ0v) is 21.3. The van der Waals surface area contributed by atoms with E-state index >= 15 is 0 Å². The van der Waals surface area contributed by atoms with Crippen molar-refractivity contribution < 1.29 is 29.2 Å². The normalized spacial score (nSPS) is 32.4. The first-order valence-electron chi connectivity index (χ1n) is 12.9. The average molecular weight is 526 g/mol. The van der Waals surface area contributed by atoms with Crippen molar-refractivity contribution in [3.63, 3.8) is 0 Å². The molecule has 1 aromatic rings. The van der Waals surface area contributed by atoms with E-state index in [0.29, 0.717) is 5.56 Å². The SMILES string of the molecule is CC1(C)CCc2c(C(=O)NC3C[N+]4=C(N)N[C@@H](CN5C(=O)CCC5=O)C5N=C(N)NC54C3(O)O)cccc21. The van der Waals surface area contributed by atoms with Crippen LogP contribution in [0.1, 0.15) is 54.6 Å². The molecule has 4 aliphatic heterocycles. The van der Waals surface area contributed by atoms with E-state index in [4.69, 9.17) is 11.5 Å². The molecule has 1 aliphatic carbocycles. The molecule has 3 unspecified atom stereocenters. The van der Waals surface area contributed by atoms with Crippen LogP contribution in [-0.4, -0.2) is 92.0 Å². The minimum Gasteiger partial charge on any atom is -0.370 e. The lowest BCUT2D eigenvalue weighted by Crippen LogP contribution is -2.79. The number of carbonyl (C=O) groups is 3. The highest BCUT2D eigenvalue weighted by Gasteiger charge is 2.75. The molecule has 6 rings (SSSR count). The number of fused-ring (bicyclic) bond motifs is 1. The first-order chi connectivity index (χ1) is 17.9. The van der Waals surface area contributed by atoms with E-state index in [0.717, 1.165) is 28.9 Å². The van der Waals surface area contributed by atoms with Crippen molar-refractivity contribution in [3.8, 4) is 0 Å². The second kappa shape index (κ2) is 7.90. The van der Waals surface area contributed by atoms with Crippen LogP contribution in [0.3, 0.4) is 0 Å². The van der Waals surface area contributed by atoms with Gasteiger partial charge in [-0.1, -0.05) is 26.0 Å². The fourth-order valence-electron chi connectivity index (χ4n) is 6.84. The number of carbonyl (C=O) groups excluding carboxylic acids is 3. The van der Waals surface area contributed by atoms with E-state index in [1.165, 1.54) is 4.58 Å². The molecule has 0 radical (unpaired) electrons. The molecule has 202 valence electrons. The Kier molecular flexibility index (Phi) is 5.12. The number of imide groups is 1. The van der Waals surface area contributed by atoms with Crippen LogP contribution in [0.5, 0.6) is 0 Å². The minimum atomic E-state index is -2.58. The van der Waals surface area contributed by atoms with Crippen molar-refractivity contribution in [2.75, 3.05) is 13.1 Å². The first kappa shape index (κ1) is 24.6. The molecule has 0 aromatic heterocycles. The molecule has 2 fully saturated rings. The Labute approximate surface area is 218 Å². The van der Waals surface area contributed by atoms with Crippen LogP contribution in [0.4, 0.5) is 0 Å². The van der Waals surface area contributed by atoms with Gasteiger partial charge in [-0.2, -0.15) is 0 Å². The zero-order chi connectivity index (χ0) is 27.2. The minimum absolute atomic E-state index is 0.0473. The lowest BCUT2D eigenvalue weighted by Gasteiger charge is -2.44. The highest BCUT2D eigenvalue weighted by atomic mass is 16.5. The van der Waals surface area contributed by atoms with Gasteiger partial charge in [-0.05, 0) is 35.4 Å². The van der Waals surface area contributed by atoms with E-state index in [2.05, 4.69) is 34.8 Å². The Hall–Kier alpha value is -3.71. The van der Waals surface area contributed by atoms with Gasteiger partial charge in [-0.25, -0.2) is 9.57 Å². The van der Waals surface area contributed by atoms with Gasteiger partial charge in [0.15, 0.2) is 5.96 Å². The Morgan fingerprint density at radius 1 is 1.21 bits per heavy atom. The fourth-order valence-corrected chi connectivity index (χ4v) is 6.84. The van der Waals surface area contributed by atoms with Gasteiger partial charge in [0.1, 0.15) is 18.1 Å². The molecular formula is C25H33N8O5+. The van der Waals surface area contributed by atoms with Gasteiger partial charge in [0.05, 0.1) is 13.1 Å². The summed E-state index contributed by atoms with van der Waals surface area (Å²) in [5.41, 5.74) is 13.2. The largest absolute Gasteiger partial charge is 0.370 e. The number of nitrogens with one attached hydrogen (secondary N) is 3. The molecule has 13 heteroatoms. The second-order valence-electron chi connectivity index (χ2n) is 11.5. The number of guanidine groups is 2. The predicted octanol–water partition coefficient (Wildman–Crippen LogP) is -2.87. The van der Waals surface area contributed by atoms with Gasteiger partial charge in [-0.15, -0.1) is 0 Å². The molecule has 3 amide bonds. The standard InChI is InChI=1S/C25H32N8O5/c1-23(2)9-8-12-13(4-3-5-14(12)23)20(36)29-16-11-33-22(27)28-15(10-32-17(34)6-7-18(32)35)19-24(33,25(16,37)38)31-21(26)30-19/h3-5,15-16,19,37-38H,6-11H2,1-2H3,(H6,26,27,28,29,30,31,36)/p+1/t15-,16?,19?,24?/m0/s1. The van der Waals surface area contributed by atoms with Crippen LogP contribution in [0.2, 0.25) is 0 Å². The van der Waals surface area contributed by atoms with E-state index in [9.17, 15) is 24.6 Å². The highest BCUT2D eigenvalue weighted by molar-refractivity contribution is 6.02. The third-order valence-corrected chi connectivity index (χ3v) is 8.86. The topological polar surface area (TPSA) is 198 Å². The molecule has 4 atom stereocenters. The summed E-state index contributed by atoms with van der Waals surface area (Å²) in [7, 11) is 0. The molecule has 13 nitrogen and oxygen atoms in total. The third-order valence-electron chi connectivity index (χ3n) is 8.86. The van der Waals surface area contributed by atoms with Crippen LogP contribution in [0, 0.1) is 0 Å². The molecule has 38 heavy (non-hydrogen) atoms. The molecule has 1 aromatic carbocycles. The van der Waals surface area contributed by atoms with Crippen molar-refractivity contribution in [1.82, 2.24) is 20.9 Å². The summed E-state index contributed by atoms with van der Waals surface area (Å²) in [6.45, 7) is 4.15. The van der Waals surface area contributed by atoms with Gasteiger partial charge in [-0.3, -0.25) is 30.3 Å². The van der Waals surface area contributed by atoms with Gasteiger partial charge >= 0.3 is 5.96 Å². The molecule has 4 heterocycles. The maximum Gasteiger partial charge on any atom is 0.346 e. The molecule has 9 N–H and O–H groups in total. The third kappa shape index (κ3) is 3.21. The van der Waals surface area contributed by atoms with Crippen LogP contribution < -0.4 is 27.4 Å². The van der Waals surface area contributed by atoms with E-state index < -0.39 is 35.5 Å². The molecule has 0 bridgehead atoms. The quantitative estimate of drug-likeness (QED) is 0.123. The van der Waals surface area contributed by atoms with Crippen molar-refractivity contribution in [2.45, 2.75) is 74.5 Å². The maximum atomic E-state index is 13.5. The second-order valence-corrected chi connectivity index (χ2v) is 11.5. The van der Waals surface area contributed by atoms with E-state index in [1.807, 2.05) is 12.1 Å². The number of aliphatic hydroxyl groups is 2. The van der Waals surface area contributed by atoms with Crippen LogP contribution in [0.25, 0.3) is 0 Å². The van der Waals surface area contributed by atoms with Gasteiger partial charge < -0.3 is 26.6 Å². The van der Waals surface area contributed by atoms with Crippen molar-refractivity contribution >= 4 is 29.6 Å². The maximum absolute atomic E-state index is 13.5. The van der Waals surface area contributed by atoms with Gasteiger partial charge in [0.2, 0.25) is 23.3 Å². The Bertz CT molecular complexity index is 1320. The number of nitrogens with two attached hydrogens (primary N) is 2.